The van der Waals surface area contributed by atoms with Crippen LogP contribution in [0, 0.1) is 0 Å². The van der Waals surface area contributed by atoms with Crippen molar-refractivity contribution in [3.8, 4) is 5.75 Å². The number of ether oxygens (including phenoxy) is 1. The third kappa shape index (κ3) is 2.52. The molecular weight excluding hydrogens is 256 g/mol. The second kappa shape index (κ2) is 5.00. The van der Waals surface area contributed by atoms with Gasteiger partial charge in [-0.2, -0.15) is 5.10 Å². The number of carboxylic acid groups (broad SMARTS) is 1. The molecule has 0 radical (unpaired) electrons. The number of nitrogens with zero attached hydrogens (tertiary/aromatic N) is 2. The van der Waals surface area contributed by atoms with Crippen molar-refractivity contribution in [1.82, 2.24) is 9.78 Å². The van der Waals surface area contributed by atoms with E-state index in [-0.39, 0.29) is 5.69 Å². The smallest absolute Gasteiger partial charge is 0.354 e. The number of hydrogen-bond donors (Lipinski definition) is 1. The van der Waals surface area contributed by atoms with Crippen LogP contribution in [0.2, 0.25) is 0 Å². The summed E-state index contributed by atoms with van der Waals surface area (Å²) in [5.41, 5.74) is 2.11. The number of carbonyl (C=O) groups is 1. The van der Waals surface area contributed by atoms with Gasteiger partial charge in [0.1, 0.15) is 11.4 Å². The molecule has 1 saturated carbocycles. The molecule has 1 N–H and O–H groups in total. The molecule has 0 aliphatic heterocycles. The Morgan fingerprint density at radius 3 is 2.90 bits per heavy atom. The molecule has 0 spiro atoms. The van der Waals surface area contributed by atoms with Crippen LogP contribution in [0.25, 0.3) is 0 Å². The fraction of sp³-hybridized carbons (Fsp3) is 0.333. The van der Waals surface area contributed by atoms with Crippen LogP contribution < -0.4 is 4.74 Å². The first-order valence-corrected chi connectivity index (χ1v) is 6.61. The molecule has 2 aromatic rings. The number of rotatable bonds is 5. The molecule has 1 aliphatic carbocycles. The lowest BCUT2D eigenvalue weighted by atomic mass is 10.2. The first-order chi connectivity index (χ1) is 9.67. The van der Waals surface area contributed by atoms with E-state index in [2.05, 4.69) is 5.10 Å². The maximum Gasteiger partial charge on any atom is 0.354 e. The highest BCUT2D eigenvalue weighted by Crippen LogP contribution is 2.39. The molecule has 0 atom stereocenters. The highest BCUT2D eigenvalue weighted by atomic mass is 16.5. The van der Waals surface area contributed by atoms with Gasteiger partial charge in [0, 0.05) is 5.92 Å². The maximum absolute atomic E-state index is 11.3. The molecular formula is C15H16N2O3. The van der Waals surface area contributed by atoms with Gasteiger partial charge in [-0.3, -0.25) is 4.68 Å². The molecule has 0 saturated heterocycles. The van der Waals surface area contributed by atoms with E-state index in [9.17, 15) is 9.90 Å². The summed E-state index contributed by atoms with van der Waals surface area (Å²) in [5, 5.41) is 13.7. The van der Waals surface area contributed by atoms with Gasteiger partial charge in [-0.25, -0.2) is 4.79 Å². The van der Waals surface area contributed by atoms with Gasteiger partial charge in [-0.05, 0) is 36.6 Å². The van der Waals surface area contributed by atoms with Crippen molar-refractivity contribution < 1.29 is 14.6 Å². The predicted octanol–water partition coefficient (Wildman–Crippen LogP) is 2.52. The van der Waals surface area contributed by atoms with Crippen molar-refractivity contribution in [3.05, 3.63) is 47.3 Å². The van der Waals surface area contributed by atoms with Crippen LogP contribution in [0.1, 0.15) is 40.5 Å². The topological polar surface area (TPSA) is 64.4 Å². The third-order valence-corrected chi connectivity index (χ3v) is 3.48. The summed E-state index contributed by atoms with van der Waals surface area (Å²) in [6.07, 6.45) is 2.21. The standard InChI is InChI=1S/C15H16N2O3/c1-20-12-4-2-3-10(7-12)9-17-14(15(18)19)8-13(16-17)11-5-6-11/h2-4,7-8,11H,5-6,9H2,1H3,(H,18,19). The van der Waals surface area contributed by atoms with Gasteiger partial charge in [0.05, 0.1) is 19.3 Å². The summed E-state index contributed by atoms with van der Waals surface area (Å²) in [7, 11) is 1.61. The van der Waals surface area contributed by atoms with E-state index in [1.807, 2.05) is 24.3 Å². The van der Waals surface area contributed by atoms with E-state index in [0.29, 0.717) is 12.5 Å². The number of aromatic nitrogens is 2. The Hall–Kier alpha value is -2.30. The summed E-state index contributed by atoms with van der Waals surface area (Å²) in [5.74, 6) is 0.265. The summed E-state index contributed by atoms with van der Waals surface area (Å²) in [6.45, 7) is 0.436. The number of benzene rings is 1. The minimum Gasteiger partial charge on any atom is -0.497 e. The van der Waals surface area contributed by atoms with Crippen LogP contribution in [0.4, 0.5) is 0 Å². The van der Waals surface area contributed by atoms with E-state index in [1.165, 1.54) is 0 Å². The molecule has 1 aromatic heterocycles. The van der Waals surface area contributed by atoms with E-state index in [4.69, 9.17) is 4.74 Å². The molecule has 5 nitrogen and oxygen atoms in total. The Bertz CT molecular complexity index is 644. The van der Waals surface area contributed by atoms with Gasteiger partial charge in [0.25, 0.3) is 0 Å². The van der Waals surface area contributed by atoms with Crippen molar-refractivity contribution in [2.24, 2.45) is 0 Å². The number of methoxy groups -OCH3 is 1. The maximum atomic E-state index is 11.3. The Morgan fingerprint density at radius 1 is 1.45 bits per heavy atom. The molecule has 1 fully saturated rings. The van der Waals surface area contributed by atoms with Crippen LogP contribution in [0.5, 0.6) is 5.75 Å². The lowest BCUT2D eigenvalue weighted by Crippen LogP contribution is -2.11. The molecule has 0 unspecified atom stereocenters. The van der Waals surface area contributed by atoms with E-state index in [1.54, 1.807) is 17.9 Å². The number of aromatic carboxylic acids is 1. The van der Waals surface area contributed by atoms with Crippen LogP contribution >= 0.6 is 0 Å². The number of carboxylic acids is 1. The molecule has 104 valence electrons. The SMILES string of the molecule is COc1cccc(Cn2nc(C3CC3)cc2C(=O)O)c1. The fourth-order valence-electron chi connectivity index (χ4n) is 2.25. The van der Waals surface area contributed by atoms with Crippen LogP contribution in [0.3, 0.4) is 0 Å². The van der Waals surface area contributed by atoms with Gasteiger partial charge in [-0.1, -0.05) is 12.1 Å². The molecule has 20 heavy (non-hydrogen) atoms. The van der Waals surface area contributed by atoms with E-state index >= 15 is 0 Å². The van der Waals surface area contributed by atoms with Gasteiger partial charge in [-0.15, -0.1) is 0 Å². The first-order valence-electron chi connectivity index (χ1n) is 6.61. The van der Waals surface area contributed by atoms with Crippen molar-refractivity contribution in [2.45, 2.75) is 25.3 Å². The summed E-state index contributed by atoms with van der Waals surface area (Å²) in [4.78, 5) is 11.3. The lowest BCUT2D eigenvalue weighted by Gasteiger charge is -2.06. The monoisotopic (exact) mass is 272 g/mol. The van der Waals surface area contributed by atoms with Crippen LogP contribution in [-0.2, 0) is 6.54 Å². The van der Waals surface area contributed by atoms with Crippen molar-refractivity contribution in [3.63, 3.8) is 0 Å². The highest BCUT2D eigenvalue weighted by Gasteiger charge is 2.28. The summed E-state index contributed by atoms with van der Waals surface area (Å²) < 4.78 is 6.74. The average molecular weight is 272 g/mol. The molecule has 3 rings (SSSR count). The quantitative estimate of drug-likeness (QED) is 0.908. The zero-order valence-corrected chi connectivity index (χ0v) is 11.2. The Kier molecular flexibility index (Phi) is 3.18. The third-order valence-electron chi connectivity index (χ3n) is 3.48. The second-order valence-electron chi connectivity index (χ2n) is 5.04. The second-order valence-corrected chi connectivity index (χ2v) is 5.04. The highest BCUT2D eigenvalue weighted by molar-refractivity contribution is 5.85. The Labute approximate surface area is 116 Å². The minimum absolute atomic E-state index is 0.245. The zero-order chi connectivity index (χ0) is 14.1. The van der Waals surface area contributed by atoms with E-state index < -0.39 is 5.97 Å². The molecule has 1 aromatic carbocycles. The fourth-order valence-corrected chi connectivity index (χ4v) is 2.25. The van der Waals surface area contributed by atoms with Crippen molar-refractivity contribution >= 4 is 5.97 Å². The van der Waals surface area contributed by atoms with Crippen LogP contribution in [0.15, 0.2) is 30.3 Å². The average Bonchev–Trinajstić information content (AvgIpc) is 3.20. The Balaban J connectivity index is 1.90. The molecule has 0 amide bonds. The molecule has 1 heterocycles. The van der Waals surface area contributed by atoms with Crippen LogP contribution in [-0.4, -0.2) is 28.0 Å². The predicted molar refractivity (Wildman–Crippen MR) is 73.3 cm³/mol. The molecule has 1 aliphatic rings. The van der Waals surface area contributed by atoms with Gasteiger partial charge in [0.15, 0.2) is 0 Å². The normalized spacial score (nSPS) is 14.2. The summed E-state index contributed by atoms with van der Waals surface area (Å²) >= 11 is 0. The lowest BCUT2D eigenvalue weighted by molar-refractivity contribution is 0.0684. The van der Waals surface area contributed by atoms with Crippen molar-refractivity contribution in [1.29, 1.82) is 0 Å². The van der Waals surface area contributed by atoms with Crippen molar-refractivity contribution in [2.75, 3.05) is 7.11 Å². The van der Waals surface area contributed by atoms with Gasteiger partial charge >= 0.3 is 5.97 Å². The molecule has 0 bridgehead atoms. The molecule has 5 heteroatoms. The first kappa shape index (κ1) is 12.7. The van der Waals surface area contributed by atoms with E-state index in [0.717, 1.165) is 29.8 Å². The summed E-state index contributed by atoms with van der Waals surface area (Å²) in [6, 6.07) is 9.27. The largest absolute Gasteiger partial charge is 0.497 e. The minimum atomic E-state index is -0.938. The van der Waals surface area contributed by atoms with Gasteiger partial charge in [0.2, 0.25) is 0 Å². The Morgan fingerprint density at radius 2 is 2.25 bits per heavy atom. The number of hydrogen-bond acceptors (Lipinski definition) is 3. The van der Waals surface area contributed by atoms with Gasteiger partial charge < -0.3 is 9.84 Å². The zero-order valence-electron chi connectivity index (χ0n) is 11.2.